The van der Waals surface area contributed by atoms with Crippen molar-refractivity contribution in [2.75, 3.05) is 0 Å². The molecule has 0 amide bonds. The van der Waals surface area contributed by atoms with E-state index in [4.69, 9.17) is 0 Å². The number of nitrogens with zero attached hydrogens (tertiary/aromatic N) is 1. The fourth-order valence-electron chi connectivity index (χ4n) is 2.69. The third-order valence-corrected chi connectivity index (χ3v) is 6.07. The van der Waals surface area contributed by atoms with Crippen LogP contribution in [0, 0.1) is 25.8 Å². The summed E-state index contributed by atoms with van der Waals surface area (Å²) in [5.41, 5.74) is 4.02. The summed E-state index contributed by atoms with van der Waals surface area (Å²) < 4.78 is 27.6. The lowest BCUT2D eigenvalue weighted by Crippen LogP contribution is -2.26. The Balaban J connectivity index is 1.91. The zero-order valence-corrected chi connectivity index (χ0v) is 17.4. The first-order chi connectivity index (χ1) is 13.9. The predicted octanol–water partition coefficient (Wildman–Crippen LogP) is 5.17. The molecule has 3 nitrogen and oxygen atoms in total. The van der Waals surface area contributed by atoms with Gasteiger partial charge in [-0.15, -0.1) is 0 Å². The van der Waals surface area contributed by atoms with E-state index in [-0.39, 0.29) is 11.4 Å². The highest BCUT2D eigenvalue weighted by Crippen LogP contribution is 2.18. The maximum absolute atomic E-state index is 13.2. The van der Waals surface area contributed by atoms with Crippen LogP contribution >= 0.6 is 0 Å². The molecule has 29 heavy (non-hydrogen) atoms. The lowest BCUT2D eigenvalue weighted by Gasteiger charge is -2.18. The summed E-state index contributed by atoms with van der Waals surface area (Å²) in [6.45, 7) is 4.11. The number of benzene rings is 3. The number of allylic oxidation sites excluding steroid dienone is 1. The maximum Gasteiger partial charge on any atom is 0.271 e. The predicted molar refractivity (Wildman–Crippen MR) is 118 cm³/mol. The van der Waals surface area contributed by atoms with Gasteiger partial charge in [-0.25, -0.2) is 12.7 Å². The quantitative estimate of drug-likeness (QED) is 0.437. The number of rotatable bonds is 5. The van der Waals surface area contributed by atoms with Gasteiger partial charge in [-0.1, -0.05) is 83.8 Å². The molecule has 0 bridgehead atoms. The van der Waals surface area contributed by atoms with Crippen LogP contribution in [0.5, 0.6) is 0 Å². The van der Waals surface area contributed by atoms with Gasteiger partial charge in [0.15, 0.2) is 0 Å². The Bertz CT molecular complexity index is 1140. The van der Waals surface area contributed by atoms with Gasteiger partial charge in [0.1, 0.15) is 0 Å². The standard InChI is InChI=1S/C25H23NO2S/c1-21-11-15-24(16-12-21)20-26(19-7-6-10-23-8-4-3-5-9-23)29(27,28)25-17-13-22(2)14-18-25/h3-6,8-18H,20H2,1-2H3/b10-6+. The molecule has 0 aromatic heterocycles. The molecule has 3 aromatic rings. The molecule has 0 aliphatic heterocycles. The number of aryl methyl sites for hydroxylation is 2. The molecule has 0 saturated heterocycles. The molecule has 0 saturated carbocycles. The smallest absolute Gasteiger partial charge is 0.220 e. The first-order valence-electron chi connectivity index (χ1n) is 9.33. The van der Waals surface area contributed by atoms with Crippen LogP contribution in [0.4, 0.5) is 0 Å². The zero-order chi connectivity index (χ0) is 20.7. The van der Waals surface area contributed by atoms with Gasteiger partial charge >= 0.3 is 0 Å². The van der Waals surface area contributed by atoms with E-state index in [1.807, 2.05) is 74.5 Å². The topological polar surface area (TPSA) is 37.4 Å². The molecule has 0 fully saturated rings. The van der Waals surface area contributed by atoms with E-state index >= 15 is 0 Å². The van der Waals surface area contributed by atoms with Crippen LogP contribution in [-0.2, 0) is 16.6 Å². The van der Waals surface area contributed by atoms with Crippen LogP contribution in [-0.4, -0.2) is 12.7 Å². The molecule has 0 aliphatic carbocycles. The van der Waals surface area contributed by atoms with Crippen LogP contribution in [0.3, 0.4) is 0 Å². The van der Waals surface area contributed by atoms with E-state index in [2.05, 4.69) is 12.0 Å². The molecular formula is C25H23NO2S. The lowest BCUT2D eigenvalue weighted by atomic mass is 10.1. The van der Waals surface area contributed by atoms with Gasteiger partial charge in [0.2, 0.25) is 0 Å². The Morgan fingerprint density at radius 1 is 0.828 bits per heavy atom. The van der Waals surface area contributed by atoms with Crippen LogP contribution in [0.25, 0.3) is 6.08 Å². The zero-order valence-electron chi connectivity index (χ0n) is 16.5. The molecule has 0 radical (unpaired) electrons. The van der Waals surface area contributed by atoms with E-state index in [1.165, 1.54) is 4.31 Å². The molecule has 0 aliphatic rings. The first-order valence-corrected chi connectivity index (χ1v) is 10.8. The van der Waals surface area contributed by atoms with Crippen molar-refractivity contribution in [2.24, 2.45) is 0 Å². The van der Waals surface area contributed by atoms with Gasteiger partial charge in [-0.2, -0.15) is 0 Å². The van der Waals surface area contributed by atoms with Gasteiger partial charge in [-0.3, -0.25) is 0 Å². The highest BCUT2D eigenvalue weighted by atomic mass is 32.2. The monoisotopic (exact) mass is 401 g/mol. The molecule has 4 heteroatoms. The highest BCUT2D eigenvalue weighted by Gasteiger charge is 2.22. The van der Waals surface area contributed by atoms with Crippen molar-refractivity contribution in [3.63, 3.8) is 0 Å². The molecular weight excluding hydrogens is 378 g/mol. The summed E-state index contributed by atoms with van der Waals surface area (Å²) >= 11 is 0. The van der Waals surface area contributed by atoms with Crippen molar-refractivity contribution in [1.29, 1.82) is 0 Å². The summed E-state index contributed by atoms with van der Waals surface area (Å²) in [4.78, 5) is 0.233. The van der Waals surface area contributed by atoms with Crippen molar-refractivity contribution in [2.45, 2.75) is 25.3 Å². The minimum atomic E-state index is -3.75. The minimum Gasteiger partial charge on any atom is -0.220 e. The number of hydrogen-bond acceptors (Lipinski definition) is 2. The maximum atomic E-state index is 13.2. The Labute approximate surface area is 173 Å². The fourth-order valence-corrected chi connectivity index (χ4v) is 3.92. The lowest BCUT2D eigenvalue weighted by molar-refractivity contribution is 0.508. The molecule has 0 spiro atoms. The van der Waals surface area contributed by atoms with Crippen molar-refractivity contribution in [3.05, 3.63) is 107 Å². The average molecular weight is 402 g/mol. The SMILES string of the molecule is Cc1ccc(CN(C#C/C=C/c2ccccc2)S(=O)(=O)c2ccc(C)cc2)cc1. The summed E-state index contributed by atoms with van der Waals surface area (Å²) in [6.07, 6.45) is 3.53. The van der Waals surface area contributed by atoms with Crippen molar-refractivity contribution in [3.8, 4) is 12.0 Å². The van der Waals surface area contributed by atoms with E-state index in [1.54, 1.807) is 30.3 Å². The number of sulfonamides is 1. The average Bonchev–Trinajstić information content (AvgIpc) is 2.72. The van der Waals surface area contributed by atoms with Gasteiger partial charge in [0, 0.05) is 6.04 Å². The molecule has 0 heterocycles. The third-order valence-electron chi connectivity index (χ3n) is 4.40. The van der Waals surface area contributed by atoms with Gasteiger partial charge in [-0.05, 0) is 49.3 Å². The van der Waals surface area contributed by atoms with Crippen molar-refractivity contribution < 1.29 is 8.42 Å². The summed E-state index contributed by atoms with van der Waals surface area (Å²) in [6, 6.07) is 27.2. The minimum absolute atomic E-state index is 0.183. The molecule has 3 aromatic carbocycles. The van der Waals surface area contributed by atoms with Crippen LogP contribution in [0.2, 0.25) is 0 Å². The van der Waals surface area contributed by atoms with E-state index in [0.29, 0.717) is 0 Å². The number of hydrogen-bond donors (Lipinski definition) is 0. The second kappa shape index (κ2) is 9.27. The summed E-state index contributed by atoms with van der Waals surface area (Å²) in [5, 5.41) is 0. The third kappa shape index (κ3) is 5.60. The van der Waals surface area contributed by atoms with E-state index in [0.717, 1.165) is 22.3 Å². The van der Waals surface area contributed by atoms with Crippen molar-refractivity contribution >= 4 is 16.1 Å². The Kier molecular flexibility index (Phi) is 6.54. The van der Waals surface area contributed by atoms with Gasteiger partial charge in [0.05, 0.1) is 11.4 Å². The molecule has 146 valence electrons. The summed E-state index contributed by atoms with van der Waals surface area (Å²) in [7, 11) is -3.75. The highest BCUT2D eigenvalue weighted by molar-refractivity contribution is 7.89. The van der Waals surface area contributed by atoms with Crippen molar-refractivity contribution in [1.82, 2.24) is 4.31 Å². The van der Waals surface area contributed by atoms with E-state index < -0.39 is 10.0 Å². The van der Waals surface area contributed by atoms with E-state index in [9.17, 15) is 8.42 Å². The molecule has 3 rings (SSSR count). The molecule has 0 unspecified atom stereocenters. The Morgan fingerprint density at radius 3 is 2.03 bits per heavy atom. The van der Waals surface area contributed by atoms with Crippen LogP contribution in [0.15, 0.2) is 89.8 Å². The Hall–Kier alpha value is -3.29. The largest absolute Gasteiger partial charge is 0.271 e. The second-order valence-corrected chi connectivity index (χ2v) is 8.67. The fraction of sp³-hybridized carbons (Fsp3) is 0.120. The molecule has 0 atom stereocenters. The normalized spacial score (nSPS) is 11.1. The summed E-state index contributed by atoms with van der Waals surface area (Å²) in [5.74, 6) is 2.87. The van der Waals surface area contributed by atoms with Gasteiger partial charge in [0.25, 0.3) is 10.0 Å². The van der Waals surface area contributed by atoms with Gasteiger partial charge < -0.3 is 0 Å². The molecule has 0 N–H and O–H groups in total. The second-order valence-electron chi connectivity index (χ2n) is 6.81. The van der Waals surface area contributed by atoms with Crippen LogP contribution < -0.4 is 0 Å². The van der Waals surface area contributed by atoms with Crippen LogP contribution in [0.1, 0.15) is 22.3 Å². The Morgan fingerprint density at radius 2 is 1.41 bits per heavy atom. The first kappa shape index (κ1) is 20.4.